The summed E-state index contributed by atoms with van der Waals surface area (Å²) in [6.07, 6.45) is 4.77. The highest BCUT2D eigenvalue weighted by Crippen LogP contribution is 2.30. The predicted octanol–water partition coefficient (Wildman–Crippen LogP) is 4.43. The first-order valence-electron chi connectivity index (χ1n) is 9.40. The summed E-state index contributed by atoms with van der Waals surface area (Å²) in [6, 6.07) is 9.82. The number of hydrogen-bond acceptors (Lipinski definition) is 6. The molecule has 0 N–H and O–H groups in total. The third kappa shape index (κ3) is 5.33. The van der Waals surface area contributed by atoms with Crippen LogP contribution in [0.3, 0.4) is 0 Å². The summed E-state index contributed by atoms with van der Waals surface area (Å²) in [5.74, 6) is -0.580. The quantitative estimate of drug-likeness (QED) is 0.218. The van der Waals surface area contributed by atoms with Gasteiger partial charge in [0.25, 0.3) is 0 Å². The Bertz CT molecular complexity index is 1140. The van der Waals surface area contributed by atoms with Crippen LogP contribution in [0.15, 0.2) is 54.7 Å². The number of aryl methyl sites for hydroxylation is 1. The van der Waals surface area contributed by atoms with E-state index < -0.39 is 10.7 Å². The number of carbonyl (C=O) groups is 1. The van der Waals surface area contributed by atoms with Gasteiger partial charge in [0.05, 0.1) is 12.0 Å². The Morgan fingerprint density at radius 2 is 2.03 bits per heavy atom. The third-order valence-electron chi connectivity index (χ3n) is 4.45. The third-order valence-corrected chi connectivity index (χ3v) is 4.45. The first kappa shape index (κ1) is 21.7. The number of nitro groups is 1. The number of ether oxygens (including phenoxy) is 2. The van der Waals surface area contributed by atoms with Crippen LogP contribution in [0.4, 0.5) is 10.1 Å². The van der Waals surface area contributed by atoms with Crippen LogP contribution in [-0.4, -0.2) is 27.6 Å². The maximum atomic E-state index is 13.5. The maximum Gasteiger partial charge on any atom is 0.311 e. The summed E-state index contributed by atoms with van der Waals surface area (Å²) in [5, 5.41) is 15.3. The Labute approximate surface area is 177 Å². The van der Waals surface area contributed by atoms with E-state index in [4.69, 9.17) is 9.47 Å². The summed E-state index contributed by atoms with van der Waals surface area (Å²) < 4.78 is 26.0. The number of nitro benzene ring substituents is 1. The Kier molecular flexibility index (Phi) is 6.76. The van der Waals surface area contributed by atoms with Crippen molar-refractivity contribution >= 4 is 17.5 Å². The zero-order valence-electron chi connectivity index (χ0n) is 16.9. The number of aromatic nitrogens is 2. The number of rotatable bonds is 9. The molecule has 0 unspecified atom stereocenters. The highest BCUT2D eigenvalue weighted by Gasteiger charge is 2.17. The lowest BCUT2D eigenvalue weighted by molar-refractivity contribution is -0.386. The van der Waals surface area contributed by atoms with Crippen molar-refractivity contribution in [3.63, 3.8) is 0 Å². The zero-order chi connectivity index (χ0) is 22.4. The second kappa shape index (κ2) is 9.66. The molecule has 0 aliphatic rings. The lowest BCUT2D eigenvalue weighted by Crippen LogP contribution is -2.02. The van der Waals surface area contributed by atoms with Crippen LogP contribution >= 0.6 is 0 Å². The summed E-state index contributed by atoms with van der Waals surface area (Å²) in [6.45, 7) is 2.50. The molecule has 0 amide bonds. The predicted molar refractivity (Wildman–Crippen MR) is 112 cm³/mol. The molecule has 0 fully saturated rings. The number of hydrogen-bond donors (Lipinski definition) is 0. The van der Waals surface area contributed by atoms with Crippen LogP contribution in [0, 0.1) is 15.9 Å². The molecule has 0 saturated carbocycles. The minimum atomic E-state index is -0.645. The van der Waals surface area contributed by atoms with E-state index in [0.29, 0.717) is 29.1 Å². The van der Waals surface area contributed by atoms with Crippen molar-refractivity contribution in [1.29, 1.82) is 0 Å². The van der Waals surface area contributed by atoms with Crippen LogP contribution < -0.4 is 9.47 Å². The Hall–Kier alpha value is -4.01. The molecule has 160 valence electrons. The molecule has 3 aromatic rings. The van der Waals surface area contributed by atoms with Crippen molar-refractivity contribution in [3.8, 4) is 11.5 Å². The van der Waals surface area contributed by atoms with Gasteiger partial charge in [0.1, 0.15) is 23.9 Å². The Balaban J connectivity index is 1.79. The summed E-state index contributed by atoms with van der Waals surface area (Å²) >= 11 is 0. The van der Waals surface area contributed by atoms with Crippen molar-refractivity contribution in [2.24, 2.45) is 0 Å². The number of carbonyl (C=O) groups excluding carboxylic acids is 1. The maximum absolute atomic E-state index is 13.5. The van der Waals surface area contributed by atoms with Crippen molar-refractivity contribution in [3.05, 3.63) is 87.5 Å². The topological polar surface area (TPSA) is 96.5 Å². The highest BCUT2D eigenvalue weighted by atomic mass is 19.1. The van der Waals surface area contributed by atoms with Gasteiger partial charge in [-0.25, -0.2) is 4.39 Å². The lowest BCUT2D eigenvalue weighted by atomic mass is 10.1. The molecular weight excluding hydrogens is 405 g/mol. The first-order chi connectivity index (χ1) is 14.9. The van der Waals surface area contributed by atoms with E-state index in [1.54, 1.807) is 41.2 Å². The van der Waals surface area contributed by atoms with Crippen LogP contribution in [0.2, 0.25) is 0 Å². The van der Waals surface area contributed by atoms with E-state index in [0.717, 1.165) is 18.2 Å². The van der Waals surface area contributed by atoms with Gasteiger partial charge < -0.3 is 9.47 Å². The van der Waals surface area contributed by atoms with Gasteiger partial charge in [0.2, 0.25) is 5.78 Å². The van der Waals surface area contributed by atoms with E-state index >= 15 is 0 Å². The second-order valence-corrected chi connectivity index (χ2v) is 6.48. The normalized spacial score (nSPS) is 10.9. The van der Waals surface area contributed by atoms with Gasteiger partial charge >= 0.3 is 5.69 Å². The minimum Gasteiger partial charge on any atom is -0.496 e. The fourth-order valence-corrected chi connectivity index (χ4v) is 2.85. The van der Waals surface area contributed by atoms with Gasteiger partial charge in [-0.15, -0.1) is 0 Å². The molecule has 1 aromatic heterocycles. The zero-order valence-corrected chi connectivity index (χ0v) is 16.9. The Morgan fingerprint density at radius 1 is 1.23 bits per heavy atom. The molecule has 0 bridgehead atoms. The molecule has 0 spiro atoms. The molecule has 0 radical (unpaired) electrons. The number of benzene rings is 2. The fourth-order valence-electron chi connectivity index (χ4n) is 2.85. The van der Waals surface area contributed by atoms with E-state index in [1.807, 2.05) is 6.92 Å². The summed E-state index contributed by atoms with van der Waals surface area (Å²) in [4.78, 5) is 22.8. The molecule has 0 atom stereocenters. The molecule has 2 aromatic carbocycles. The highest BCUT2D eigenvalue weighted by molar-refractivity contribution is 6.05. The number of allylic oxidation sites excluding steroid dienone is 1. The molecule has 0 saturated heterocycles. The lowest BCUT2D eigenvalue weighted by Gasteiger charge is -2.11. The minimum absolute atomic E-state index is 0.0933. The van der Waals surface area contributed by atoms with Gasteiger partial charge in [-0.2, -0.15) is 5.10 Å². The average molecular weight is 425 g/mol. The van der Waals surface area contributed by atoms with Crippen LogP contribution in [0.5, 0.6) is 11.5 Å². The molecule has 8 nitrogen and oxygen atoms in total. The molecule has 31 heavy (non-hydrogen) atoms. The average Bonchev–Trinajstić information content (AvgIpc) is 3.25. The molecule has 9 heteroatoms. The molecule has 0 aliphatic heterocycles. The van der Waals surface area contributed by atoms with Gasteiger partial charge in [-0.1, -0.05) is 12.1 Å². The van der Waals surface area contributed by atoms with Crippen LogP contribution in [0.25, 0.3) is 6.08 Å². The van der Waals surface area contributed by atoms with E-state index in [1.165, 1.54) is 13.2 Å². The monoisotopic (exact) mass is 425 g/mol. The Morgan fingerprint density at radius 3 is 2.71 bits per heavy atom. The smallest absolute Gasteiger partial charge is 0.311 e. The van der Waals surface area contributed by atoms with E-state index in [9.17, 15) is 19.3 Å². The van der Waals surface area contributed by atoms with Crippen molar-refractivity contribution in [1.82, 2.24) is 9.78 Å². The summed E-state index contributed by atoms with van der Waals surface area (Å²) in [7, 11) is 1.48. The van der Waals surface area contributed by atoms with Crippen molar-refractivity contribution in [2.45, 2.75) is 20.1 Å². The van der Waals surface area contributed by atoms with Crippen LogP contribution in [0.1, 0.15) is 28.5 Å². The number of halogens is 1. The van der Waals surface area contributed by atoms with Gasteiger partial charge in [0, 0.05) is 30.4 Å². The van der Waals surface area contributed by atoms with Crippen molar-refractivity contribution < 1.29 is 23.6 Å². The van der Waals surface area contributed by atoms with E-state index in [2.05, 4.69) is 5.10 Å². The largest absolute Gasteiger partial charge is 0.496 e. The standard InChI is InChI=1S/C22H20FN3O5/c1-3-25-11-10-18(24-25)20(27)8-4-15-5-9-21(30-2)16(12-15)14-31-22-13-17(23)6-7-19(22)26(28)29/h4-13H,3,14H2,1-2H3/b8-4+. The van der Waals surface area contributed by atoms with Gasteiger partial charge in [-0.3, -0.25) is 19.6 Å². The van der Waals surface area contributed by atoms with Gasteiger partial charge in [-0.05, 0) is 42.8 Å². The number of nitrogens with zero attached hydrogens (tertiary/aromatic N) is 3. The van der Waals surface area contributed by atoms with Crippen LogP contribution in [-0.2, 0) is 13.2 Å². The first-order valence-corrected chi connectivity index (χ1v) is 9.40. The number of ketones is 1. The fraction of sp³-hybridized carbons (Fsp3) is 0.182. The molecule has 0 aliphatic carbocycles. The molecule has 1 heterocycles. The molecular formula is C22H20FN3O5. The molecule has 3 rings (SSSR count). The van der Waals surface area contributed by atoms with Crippen molar-refractivity contribution in [2.75, 3.05) is 7.11 Å². The summed E-state index contributed by atoms with van der Waals surface area (Å²) in [5.41, 5.74) is 1.27. The number of methoxy groups -OCH3 is 1. The SMILES string of the molecule is CCn1ccc(C(=O)/C=C/c2ccc(OC)c(COc3cc(F)ccc3[N+](=O)[O-])c2)n1. The van der Waals surface area contributed by atoms with E-state index in [-0.39, 0.29) is 23.8 Å². The second-order valence-electron chi connectivity index (χ2n) is 6.48. The van der Waals surface area contributed by atoms with Gasteiger partial charge in [0.15, 0.2) is 5.75 Å².